The van der Waals surface area contributed by atoms with Crippen LogP contribution in [0.5, 0.6) is 0 Å². The van der Waals surface area contributed by atoms with Gasteiger partial charge in [-0.3, -0.25) is 9.59 Å². The molecule has 60 valence electrons. The van der Waals surface area contributed by atoms with E-state index in [0.29, 0.717) is 11.8 Å². The number of hydrogen-bond acceptors (Lipinski definition) is 4. The van der Waals surface area contributed by atoms with E-state index < -0.39 is 4.08 Å². The monoisotopic (exact) mass is 190 g/mol. The minimum Gasteiger partial charge on any atom is -0.345 e. The van der Waals surface area contributed by atoms with E-state index >= 15 is 0 Å². The van der Waals surface area contributed by atoms with Crippen molar-refractivity contribution in [3.05, 3.63) is 0 Å². The van der Waals surface area contributed by atoms with Gasteiger partial charge in [0, 0.05) is 0 Å². The van der Waals surface area contributed by atoms with Gasteiger partial charge in [0.2, 0.25) is 4.08 Å². The molecule has 0 aliphatic carbocycles. The molecule has 2 fully saturated rings. The number of hydrogen-bond donors (Lipinski definition) is 2. The molecule has 0 bridgehead atoms. The molecule has 2 aliphatic rings. The number of nitrogens with one attached hydrogen (secondary N) is 2. The summed E-state index contributed by atoms with van der Waals surface area (Å²) in [6.45, 7) is 0. The second-order valence-electron chi connectivity index (χ2n) is 2.21. The first-order valence-corrected chi connectivity index (χ1v) is 5.07. The third-order valence-electron chi connectivity index (χ3n) is 1.61. The van der Waals surface area contributed by atoms with Gasteiger partial charge < -0.3 is 10.6 Å². The highest BCUT2D eigenvalue weighted by molar-refractivity contribution is 8.21. The van der Waals surface area contributed by atoms with Gasteiger partial charge in [-0.15, -0.1) is 23.5 Å². The lowest BCUT2D eigenvalue weighted by Crippen LogP contribution is -2.41. The third kappa shape index (κ3) is 0.856. The van der Waals surface area contributed by atoms with Crippen LogP contribution in [0.3, 0.4) is 0 Å². The predicted molar refractivity (Wildman–Crippen MR) is 43.9 cm³/mol. The lowest BCUT2D eigenvalue weighted by atomic mass is 10.3. The van der Waals surface area contributed by atoms with E-state index in [2.05, 4.69) is 10.6 Å². The van der Waals surface area contributed by atoms with Crippen LogP contribution in [0.25, 0.3) is 0 Å². The van der Waals surface area contributed by atoms with Gasteiger partial charge in [-0.2, -0.15) is 0 Å². The molecule has 2 aliphatic heterocycles. The van der Waals surface area contributed by atoms with E-state index in [1.807, 2.05) is 0 Å². The third-order valence-corrected chi connectivity index (χ3v) is 4.45. The minimum absolute atomic E-state index is 0.164. The van der Waals surface area contributed by atoms with Crippen LogP contribution in [0.15, 0.2) is 0 Å². The first kappa shape index (κ1) is 7.30. The molecule has 2 amide bonds. The molecule has 0 aromatic heterocycles. The van der Waals surface area contributed by atoms with E-state index in [1.54, 1.807) is 0 Å². The molecular weight excluding hydrogens is 184 g/mol. The van der Waals surface area contributed by atoms with Gasteiger partial charge in [0.25, 0.3) is 11.8 Å². The number of carbonyl (C=O) groups excluding carboxylic acids is 2. The largest absolute Gasteiger partial charge is 0.345 e. The lowest BCUT2D eigenvalue weighted by molar-refractivity contribution is -0.128. The molecule has 0 unspecified atom stereocenters. The van der Waals surface area contributed by atoms with Crippen molar-refractivity contribution < 1.29 is 9.59 Å². The zero-order valence-corrected chi connectivity index (χ0v) is 7.18. The zero-order valence-electron chi connectivity index (χ0n) is 5.55. The highest BCUT2D eigenvalue weighted by Crippen LogP contribution is 2.43. The molecule has 0 aromatic rings. The van der Waals surface area contributed by atoms with Gasteiger partial charge in [0.1, 0.15) is 0 Å². The van der Waals surface area contributed by atoms with Crippen molar-refractivity contribution in [2.45, 2.75) is 4.08 Å². The fraction of sp³-hybridized carbons (Fsp3) is 0.600. The number of rotatable bonds is 0. The molecule has 2 N–H and O–H groups in total. The molecule has 2 saturated heterocycles. The van der Waals surface area contributed by atoms with Gasteiger partial charge in [0.05, 0.1) is 11.8 Å². The molecule has 1 spiro atoms. The molecule has 2 rings (SSSR count). The minimum atomic E-state index is -0.861. The predicted octanol–water partition coefficient (Wildman–Crippen LogP) is -0.676. The highest BCUT2D eigenvalue weighted by atomic mass is 32.2. The maximum atomic E-state index is 11.2. The summed E-state index contributed by atoms with van der Waals surface area (Å²) in [4.78, 5) is 22.4. The molecular formula is C5H6N2O2S2. The summed E-state index contributed by atoms with van der Waals surface area (Å²) in [5.74, 6) is 0.753. The molecule has 0 saturated carbocycles. The maximum Gasteiger partial charge on any atom is 0.257 e. The second-order valence-corrected chi connectivity index (χ2v) is 4.84. The van der Waals surface area contributed by atoms with Gasteiger partial charge in [0.15, 0.2) is 0 Å². The van der Waals surface area contributed by atoms with Crippen molar-refractivity contribution in [2.24, 2.45) is 0 Å². The Morgan fingerprint density at radius 2 is 1.55 bits per heavy atom. The van der Waals surface area contributed by atoms with E-state index in [9.17, 15) is 9.59 Å². The Kier molecular flexibility index (Phi) is 1.53. The average Bonchev–Trinajstić information content (AvgIpc) is 2.48. The molecule has 0 aromatic carbocycles. The van der Waals surface area contributed by atoms with Gasteiger partial charge in [-0.05, 0) is 0 Å². The smallest absolute Gasteiger partial charge is 0.257 e. The van der Waals surface area contributed by atoms with Crippen molar-refractivity contribution in [3.63, 3.8) is 0 Å². The van der Waals surface area contributed by atoms with Crippen molar-refractivity contribution >= 4 is 35.3 Å². The topological polar surface area (TPSA) is 58.2 Å². The number of thioether (sulfide) groups is 2. The van der Waals surface area contributed by atoms with Crippen LogP contribution in [-0.2, 0) is 9.59 Å². The van der Waals surface area contributed by atoms with Gasteiger partial charge in [-0.1, -0.05) is 0 Å². The van der Waals surface area contributed by atoms with Crippen molar-refractivity contribution in [1.82, 2.24) is 10.6 Å². The molecule has 2 heterocycles. The normalized spacial score (nSPS) is 27.3. The lowest BCUT2D eigenvalue weighted by Gasteiger charge is -2.11. The van der Waals surface area contributed by atoms with Gasteiger partial charge in [-0.25, -0.2) is 0 Å². The van der Waals surface area contributed by atoms with Crippen LogP contribution in [0.2, 0.25) is 0 Å². The van der Waals surface area contributed by atoms with Crippen LogP contribution in [0, 0.1) is 0 Å². The standard InChI is InChI=1S/C5H6N2O2S2/c8-3-5(10-1-6-3)4(9)7-2-11-5/h1-2H2,(H,6,8)(H,7,9). The first-order chi connectivity index (χ1) is 5.26. The van der Waals surface area contributed by atoms with E-state index in [4.69, 9.17) is 0 Å². The summed E-state index contributed by atoms with van der Waals surface area (Å²) in [7, 11) is 0. The van der Waals surface area contributed by atoms with E-state index in [1.165, 1.54) is 23.5 Å². The molecule has 4 nitrogen and oxygen atoms in total. The molecule has 0 atom stereocenters. The number of amides is 2. The molecule has 11 heavy (non-hydrogen) atoms. The zero-order chi connectivity index (χ0) is 7.90. The van der Waals surface area contributed by atoms with Crippen LogP contribution in [0.4, 0.5) is 0 Å². The SMILES string of the molecule is O=C1NCSC12SCNC2=O. The Morgan fingerprint density at radius 3 is 1.82 bits per heavy atom. The van der Waals surface area contributed by atoms with E-state index in [-0.39, 0.29) is 11.8 Å². The highest BCUT2D eigenvalue weighted by Gasteiger charge is 2.53. The van der Waals surface area contributed by atoms with Gasteiger partial charge >= 0.3 is 0 Å². The quantitative estimate of drug-likeness (QED) is 0.497. The Balaban J connectivity index is 2.33. The summed E-state index contributed by atoms with van der Waals surface area (Å²) in [6, 6.07) is 0. The van der Waals surface area contributed by atoms with Crippen LogP contribution in [0.1, 0.15) is 0 Å². The summed E-state index contributed by atoms with van der Waals surface area (Å²) < 4.78 is -0.861. The summed E-state index contributed by atoms with van der Waals surface area (Å²) in [5, 5.41) is 5.25. The number of carbonyl (C=O) groups is 2. The Morgan fingerprint density at radius 1 is 1.09 bits per heavy atom. The van der Waals surface area contributed by atoms with Crippen molar-refractivity contribution in [2.75, 3.05) is 11.8 Å². The Bertz CT molecular complexity index is 207. The van der Waals surface area contributed by atoms with Crippen molar-refractivity contribution in [1.29, 1.82) is 0 Å². The average molecular weight is 190 g/mol. The maximum absolute atomic E-state index is 11.2. The molecule has 6 heteroatoms. The van der Waals surface area contributed by atoms with Crippen LogP contribution < -0.4 is 10.6 Å². The fourth-order valence-electron chi connectivity index (χ4n) is 1.05. The summed E-state index contributed by atoms with van der Waals surface area (Å²) in [5.41, 5.74) is 0. The van der Waals surface area contributed by atoms with Crippen LogP contribution >= 0.6 is 23.5 Å². The summed E-state index contributed by atoms with van der Waals surface area (Å²) in [6.07, 6.45) is 0. The Labute approximate surface area is 71.9 Å². The molecule has 0 radical (unpaired) electrons. The fourth-order valence-corrected chi connectivity index (χ4v) is 3.36. The van der Waals surface area contributed by atoms with Crippen LogP contribution in [-0.4, -0.2) is 27.6 Å². The second kappa shape index (κ2) is 2.31. The van der Waals surface area contributed by atoms with Crippen molar-refractivity contribution in [3.8, 4) is 0 Å². The first-order valence-electron chi connectivity index (χ1n) is 3.10. The Hall–Kier alpha value is -0.360. The summed E-state index contributed by atoms with van der Waals surface area (Å²) >= 11 is 2.72. The van der Waals surface area contributed by atoms with E-state index in [0.717, 1.165) is 0 Å².